The molecule has 2 aliphatic rings. The lowest BCUT2D eigenvalue weighted by Gasteiger charge is -2.33. The molecule has 3 aromatic heterocycles. The maximum absolute atomic E-state index is 12.5. The maximum Gasteiger partial charge on any atom is 0.410 e. The first-order valence-electron chi connectivity index (χ1n) is 11.6. The lowest BCUT2D eigenvalue weighted by Crippen LogP contribution is -2.43. The van der Waals surface area contributed by atoms with E-state index in [2.05, 4.69) is 38.1 Å². The van der Waals surface area contributed by atoms with Crippen LogP contribution in [0.5, 0.6) is 0 Å². The van der Waals surface area contributed by atoms with Crippen molar-refractivity contribution in [3.8, 4) is 0 Å². The number of aromatic nitrogens is 6. The third-order valence-electron chi connectivity index (χ3n) is 5.92. The highest BCUT2D eigenvalue weighted by Crippen LogP contribution is 2.35. The van der Waals surface area contributed by atoms with Gasteiger partial charge in [-0.2, -0.15) is 15.0 Å². The van der Waals surface area contributed by atoms with Gasteiger partial charge in [-0.05, 0) is 46.1 Å². The Bertz CT molecular complexity index is 1230. The fraction of sp³-hybridized carbons (Fsp3) is 0.522. The van der Waals surface area contributed by atoms with Crippen LogP contribution >= 0.6 is 11.8 Å². The Kier molecular flexibility index (Phi) is 5.97. The zero-order chi connectivity index (χ0) is 23.9. The number of fused-ring (bicyclic) bond motifs is 1. The number of aromatic amines is 1. The zero-order valence-electron chi connectivity index (χ0n) is 20.0. The minimum absolute atomic E-state index is 0.0318. The molecule has 180 valence electrons. The average molecular weight is 483 g/mol. The van der Waals surface area contributed by atoms with Gasteiger partial charge in [-0.1, -0.05) is 0 Å². The number of H-pyrrole nitrogens is 1. The molecule has 0 aromatic carbocycles. The molecule has 1 saturated heterocycles. The van der Waals surface area contributed by atoms with Crippen molar-refractivity contribution in [2.24, 2.45) is 0 Å². The minimum Gasteiger partial charge on any atom is -0.444 e. The molecule has 1 fully saturated rings. The van der Waals surface area contributed by atoms with E-state index in [-0.39, 0.29) is 12.1 Å². The van der Waals surface area contributed by atoms with Gasteiger partial charge in [0.2, 0.25) is 0 Å². The highest BCUT2D eigenvalue weighted by Gasteiger charge is 2.30. The number of hydrogen-bond acceptors (Lipinski definition) is 8. The summed E-state index contributed by atoms with van der Waals surface area (Å²) in [4.78, 5) is 31.4. The molecular formula is C23H30N8O2S. The van der Waals surface area contributed by atoms with Crippen LogP contribution in [0.4, 0.5) is 10.6 Å². The summed E-state index contributed by atoms with van der Waals surface area (Å²) in [7, 11) is 0. The second-order valence-corrected chi connectivity index (χ2v) is 10.8. The monoisotopic (exact) mass is 482 g/mol. The summed E-state index contributed by atoms with van der Waals surface area (Å²) >= 11 is 1.77. The first-order valence-corrected chi connectivity index (χ1v) is 12.6. The second-order valence-electron chi connectivity index (χ2n) is 9.70. The van der Waals surface area contributed by atoms with Crippen molar-refractivity contribution < 1.29 is 9.53 Å². The van der Waals surface area contributed by atoms with Crippen molar-refractivity contribution in [2.75, 3.05) is 30.3 Å². The Labute approximate surface area is 202 Å². The summed E-state index contributed by atoms with van der Waals surface area (Å²) < 4.78 is 5.56. The third-order valence-corrected chi connectivity index (χ3v) is 6.93. The summed E-state index contributed by atoms with van der Waals surface area (Å²) in [6, 6.07) is 0.0318. The number of rotatable bonds is 3. The number of aryl methyl sites for hydroxylation is 1. The quantitative estimate of drug-likeness (QED) is 0.598. The summed E-state index contributed by atoms with van der Waals surface area (Å²) in [5.74, 6) is 1.82. The zero-order valence-corrected chi connectivity index (χ0v) is 20.8. The van der Waals surface area contributed by atoms with Crippen molar-refractivity contribution in [3.63, 3.8) is 0 Å². The molecule has 2 aliphatic heterocycles. The third kappa shape index (κ3) is 4.61. The van der Waals surface area contributed by atoms with Gasteiger partial charge in [0, 0.05) is 37.8 Å². The fourth-order valence-electron chi connectivity index (χ4n) is 4.32. The van der Waals surface area contributed by atoms with Gasteiger partial charge >= 0.3 is 6.09 Å². The van der Waals surface area contributed by atoms with Gasteiger partial charge in [0.05, 0.1) is 22.5 Å². The molecule has 1 N–H and O–H groups in total. The number of carbonyl (C=O) groups excluding carboxylic acids is 1. The van der Waals surface area contributed by atoms with E-state index in [1.165, 1.54) is 0 Å². The number of thioether (sulfide) groups is 1. The van der Waals surface area contributed by atoms with Gasteiger partial charge < -0.3 is 19.5 Å². The molecule has 1 unspecified atom stereocenters. The molecule has 11 heteroatoms. The number of nitrogens with zero attached hydrogens (tertiary/aromatic N) is 7. The number of ether oxygens (including phenoxy) is 1. The van der Waals surface area contributed by atoms with Crippen molar-refractivity contribution in [3.05, 3.63) is 36.2 Å². The minimum atomic E-state index is -0.508. The second kappa shape index (κ2) is 8.94. The highest BCUT2D eigenvalue weighted by molar-refractivity contribution is 8.08. The van der Waals surface area contributed by atoms with E-state index < -0.39 is 5.60 Å². The van der Waals surface area contributed by atoms with E-state index in [1.54, 1.807) is 27.8 Å². The summed E-state index contributed by atoms with van der Waals surface area (Å²) in [6.07, 6.45) is 9.02. The Morgan fingerprint density at radius 1 is 1.26 bits per heavy atom. The Morgan fingerprint density at radius 2 is 2.12 bits per heavy atom. The summed E-state index contributed by atoms with van der Waals surface area (Å²) in [5, 5.41) is 10.4. The molecule has 0 radical (unpaired) electrons. The van der Waals surface area contributed by atoms with Crippen molar-refractivity contribution in [1.82, 2.24) is 34.8 Å². The Hall–Kier alpha value is -3.08. The molecule has 34 heavy (non-hydrogen) atoms. The summed E-state index contributed by atoms with van der Waals surface area (Å²) in [5.41, 5.74) is 2.29. The van der Waals surface area contributed by atoms with Crippen molar-refractivity contribution in [1.29, 1.82) is 0 Å². The van der Waals surface area contributed by atoms with Gasteiger partial charge in [0.1, 0.15) is 29.1 Å². The lowest BCUT2D eigenvalue weighted by atomic mass is 10.1. The normalized spacial score (nSPS) is 19.4. The molecular weight excluding hydrogens is 452 g/mol. The van der Waals surface area contributed by atoms with Crippen LogP contribution < -0.4 is 4.90 Å². The average Bonchev–Trinajstić information content (AvgIpc) is 3.46. The number of amides is 1. The molecule has 5 heterocycles. The Balaban J connectivity index is 1.34. The smallest absolute Gasteiger partial charge is 0.410 e. The molecule has 0 bridgehead atoms. The number of likely N-dealkylation sites (tertiary alicyclic amines) is 1. The number of anilines is 1. The highest BCUT2D eigenvalue weighted by atomic mass is 32.2. The molecule has 3 aromatic rings. The van der Waals surface area contributed by atoms with E-state index in [0.717, 1.165) is 58.2 Å². The van der Waals surface area contributed by atoms with Crippen LogP contribution in [0.25, 0.3) is 15.9 Å². The van der Waals surface area contributed by atoms with Gasteiger partial charge in [-0.25, -0.2) is 14.8 Å². The first kappa shape index (κ1) is 22.7. The Morgan fingerprint density at radius 3 is 2.94 bits per heavy atom. The SMILES string of the molecule is Cc1c[nH]c2ncnc(N3C=C(c4cnn(C5CCCN(C(=O)OC(C)(C)C)C5)n4)SCC3)c12. The van der Waals surface area contributed by atoms with E-state index in [9.17, 15) is 4.79 Å². The van der Waals surface area contributed by atoms with Gasteiger partial charge in [-0.15, -0.1) is 11.8 Å². The van der Waals surface area contributed by atoms with Crippen LogP contribution in [0.15, 0.2) is 24.9 Å². The molecule has 0 saturated carbocycles. The van der Waals surface area contributed by atoms with E-state index in [4.69, 9.17) is 9.84 Å². The standard InChI is InChI=1S/C23H30N8O2S/c1-15-10-24-20-19(15)21(26-14-25-20)29-8-9-34-18(13-29)17-11-27-31(28-17)16-6-5-7-30(12-16)22(32)33-23(2,3)4/h10-11,13-14,16H,5-9,12H2,1-4H3,(H,24,25,26). The largest absolute Gasteiger partial charge is 0.444 e. The van der Waals surface area contributed by atoms with E-state index >= 15 is 0 Å². The van der Waals surface area contributed by atoms with Crippen LogP contribution in [0, 0.1) is 6.92 Å². The predicted molar refractivity (Wildman–Crippen MR) is 133 cm³/mol. The lowest BCUT2D eigenvalue weighted by molar-refractivity contribution is 0.0160. The molecule has 10 nitrogen and oxygen atoms in total. The van der Waals surface area contributed by atoms with E-state index in [0.29, 0.717) is 13.1 Å². The van der Waals surface area contributed by atoms with Crippen LogP contribution in [0.1, 0.15) is 50.9 Å². The molecule has 0 spiro atoms. The predicted octanol–water partition coefficient (Wildman–Crippen LogP) is 3.98. The van der Waals surface area contributed by atoms with Crippen molar-refractivity contribution in [2.45, 2.75) is 52.2 Å². The van der Waals surface area contributed by atoms with Gasteiger partial charge in [-0.3, -0.25) is 0 Å². The molecule has 5 rings (SSSR count). The van der Waals surface area contributed by atoms with E-state index in [1.807, 2.05) is 33.2 Å². The van der Waals surface area contributed by atoms with Crippen LogP contribution in [0.2, 0.25) is 0 Å². The number of hydrogen-bond donors (Lipinski definition) is 1. The molecule has 1 amide bonds. The van der Waals surface area contributed by atoms with Crippen LogP contribution in [-0.2, 0) is 4.74 Å². The fourth-order valence-corrected chi connectivity index (χ4v) is 5.27. The molecule has 0 aliphatic carbocycles. The van der Waals surface area contributed by atoms with Gasteiger partial charge in [0.15, 0.2) is 0 Å². The first-order chi connectivity index (χ1) is 16.3. The van der Waals surface area contributed by atoms with Crippen LogP contribution in [-0.4, -0.2) is 71.9 Å². The molecule has 1 atom stereocenters. The topological polar surface area (TPSA) is 105 Å². The summed E-state index contributed by atoms with van der Waals surface area (Å²) in [6.45, 7) is 9.81. The maximum atomic E-state index is 12.5. The van der Waals surface area contributed by atoms with Gasteiger partial charge in [0.25, 0.3) is 0 Å². The number of piperidine rings is 1. The van der Waals surface area contributed by atoms with Crippen LogP contribution in [0.3, 0.4) is 0 Å². The number of carbonyl (C=O) groups is 1. The van der Waals surface area contributed by atoms with Crippen molar-refractivity contribution >= 4 is 39.6 Å². The number of nitrogens with one attached hydrogen (secondary N) is 1.